The van der Waals surface area contributed by atoms with Crippen molar-refractivity contribution in [1.29, 1.82) is 0 Å². The Morgan fingerprint density at radius 1 is 1.19 bits per heavy atom. The third kappa shape index (κ3) is 2.52. The number of anilines is 1. The van der Waals surface area contributed by atoms with Crippen molar-refractivity contribution in [3.8, 4) is 0 Å². The van der Waals surface area contributed by atoms with Crippen molar-refractivity contribution in [3.05, 3.63) is 41.6 Å². The summed E-state index contributed by atoms with van der Waals surface area (Å²) in [6, 6.07) is 8.22. The molecule has 2 aromatic rings. The molecule has 2 rings (SSSR count). The number of nitrogens with zero attached hydrogens (tertiary/aromatic N) is 2. The summed E-state index contributed by atoms with van der Waals surface area (Å²) < 4.78 is 0. The minimum atomic E-state index is 0.315. The summed E-state index contributed by atoms with van der Waals surface area (Å²) in [6.07, 6.45) is 1.67. The molecule has 0 saturated heterocycles. The summed E-state index contributed by atoms with van der Waals surface area (Å²) in [4.78, 5) is 9.23. The van der Waals surface area contributed by atoms with E-state index in [9.17, 15) is 0 Å². The molecule has 2 N–H and O–H groups in total. The first-order valence-electron chi connectivity index (χ1n) is 4.99. The number of nitrogens with two attached hydrogens (primary N) is 1. The largest absolute Gasteiger partial charge is 0.368 e. The van der Waals surface area contributed by atoms with Crippen molar-refractivity contribution >= 4 is 17.7 Å². The molecule has 16 heavy (non-hydrogen) atoms. The highest BCUT2D eigenvalue weighted by Gasteiger charge is 2.03. The molecule has 0 atom stereocenters. The fourth-order valence-corrected chi connectivity index (χ4v) is 2.29. The molecule has 1 aromatic heterocycles. The lowest BCUT2D eigenvalue weighted by atomic mass is 10.2. The molecule has 1 heterocycles. The first-order chi connectivity index (χ1) is 7.65. The number of hydrogen-bond acceptors (Lipinski definition) is 4. The highest BCUT2D eigenvalue weighted by atomic mass is 32.2. The molecule has 0 fully saturated rings. The lowest BCUT2D eigenvalue weighted by molar-refractivity contribution is 1.06. The Labute approximate surface area is 99.1 Å². The van der Waals surface area contributed by atoms with Crippen LogP contribution in [0.3, 0.4) is 0 Å². The molecule has 1 aromatic carbocycles. The van der Waals surface area contributed by atoms with Crippen molar-refractivity contribution in [2.45, 2.75) is 23.8 Å². The Bertz CT molecular complexity index is 511. The van der Waals surface area contributed by atoms with Crippen LogP contribution in [0.25, 0.3) is 0 Å². The second-order valence-electron chi connectivity index (χ2n) is 3.62. The van der Waals surface area contributed by atoms with E-state index in [1.54, 1.807) is 18.0 Å². The van der Waals surface area contributed by atoms with Crippen molar-refractivity contribution in [1.82, 2.24) is 9.97 Å². The van der Waals surface area contributed by atoms with Gasteiger partial charge in [-0.25, -0.2) is 9.97 Å². The van der Waals surface area contributed by atoms with Crippen LogP contribution in [0.2, 0.25) is 0 Å². The number of aryl methyl sites for hydroxylation is 2. The molecule has 0 aliphatic rings. The normalized spacial score (nSPS) is 10.4. The monoisotopic (exact) mass is 231 g/mol. The van der Waals surface area contributed by atoms with Gasteiger partial charge in [0.1, 0.15) is 5.03 Å². The van der Waals surface area contributed by atoms with Crippen LogP contribution in [0.15, 0.2) is 40.4 Å². The van der Waals surface area contributed by atoms with E-state index in [0.717, 1.165) is 5.03 Å². The van der Waals surface area contributed by atoms with Gasteiger partial charge in [-0.1, -0.05) is 29.5 Å². The van der Waals surface area contributed by atoms with Crippen molar-refractivity contribution in [3.63, 3.8) is 0 Å². The van der Waals surface area contributed by atoms with E-state index in [4.69, 9.17) is 5.73 Å². The van der Waals surface area contributed by atoms with Gasteiger partial charge in [-0.15, -0.1) is 0 Å². The van der Waals surface area contributed by atoms with Crippen molar-refractivity contribution < 1.29 is 0 Å². The lowest BCUT2D eigenvalue weighted by Gasteiger charge is -2.05. The Hall–Kier alpha value is -1.55. The Morgan fingerprint density at radius 2 is 2.00 bits per heavy atom. The molecule has 4 heteroatoms. The smallest absolute Gasteiger partial charge is 0.221 e. The van der Waals surface area contributed by atoms with E-state index in [1.165, 1.54) is 16.0 Å². The van der Waals surface area contributed by atoms with Gasteiger partial charge in [0, 0.05) is 11.1 Å². The maximum Gasteiger partial charge on any atom is 0.221 e. The zero-order valence-corrected chi connectivity index (χ0v) is 10.1. The molecule has 0 radical (unpaired) electrons. The molecule has 0 bridgehead atoms. The predicted molar refractivity (Wildman–Crippen MR) is 66.5 cm³/mol. The minimum absolute atomic E-state index is 0.315. The molecule has 0 saturated carbocycles. The Balaban J connectivity index is 2.27. The summed E-state index contributed by atoms with van der Waals surface area (Å²) in [5.74, 6) is 0.315. The Morgan fingerprint density at radius 3 is 2.69 bits per heavy atom. The van der Waals surface area contributed by atoms with Crippen molar-refractivity contribution in [2.75, 3.05) is 5.73 Å². The van der Waals surface area contributed by atoms with Gasteiger partial charge in [-0.05, 0) is 31.5 Å². The summed E-state index contributed by atoms with van der Waals surface area (Å²) >= 11 is 1.61. The highest BCUT2D eigenvalue weighted by molar-refractivity contribution is 7.99. The number of hydrogen-bond donors (Lipinski definition) is 1. The first-order valence-corrected chi connectivity index (χ1v) is 5.80. The van der Waals surface area contributed by atoms with Gasteiger partial charge in [0.2, 0.25) is 5.95 Å². The van der Waals surface area contributed by atoms with E-state index in [1.807, 2.05) is 6.07 Å². The third-order valence-electron chi connectivity index (χ3n) is 2.19. The zero-order chi connectivity index (χ0) is 11.5. The van der Waals surface area contributed by atoms with Gasteiger partial charge < -0.3 is 5.73 Å². The summed E-state index contributed by atoms with van der Waals surface area (Å²) in [7, 11) is 0. The molecule has 0 spiro atoms. The topological polar surface area (TPSA) is 51.8 Å². The first kappa shape index (κ1) is 11.0. The van der Waals surface area contributed by atoms with Crippen LogP contribution in [0, 0.1) is 13.8 Å². The average molecular weight is 231 g/mol. The molecule has 3 nitrogen and oxygen atoms in total. The maximum atomic E-state index is 5.54. The molecular formula is C12H13N3S. The zero-order valence-electron chi connectivity index (χ0n) is 9.27. The molecule has 0 aliphatic heterocycles. The quantitative estimate of drug-likeness (QED) is 0.807. The summed E-state index contributed by atoms with van der Waals surface area (Å²) in [5.41, 5.74) is 8.06. The predicted octanol–water partition coefficient (Wildman–Crippen LogP) is 2.83. The van der Waals surface area contributed by atoms with Gasteiger partial charge >= 0.3 is 0 Å². The van der Waals surface area contributed by atoms with Gasteiger partial charge in [-0.2, -0.15) is 0 Å². The SMILES string of the molecule is Cc1ccc(Sc2ccnc(N)n2)c(C)c1. The molecular weight excluding hydrogens is 218 g/mol. The Kier molecular flexibility index (Phi) is 3.10. The fraction of sp³-hybridized carbons (Fsp3) is 0.167. The fourth-order valence-electron chi connectivity index (χ4n) is 1.44. The van der Waals surface area contributed by atoms with Gasteiger partial charge in [-0.3, -0.25) is 0 Å². The number of benzene rings is 1. The van der Waals surface area contributed by atoms with Crippen LogP contribution < -0.4 is 5.73 Å². The van der Waals surface area contributed by atoms with Crippen LogP contribution in [0.1, 0.15) is 11.1 Å². The molecule has 0 amide bonds. The van der Waals surface area contributed by atoms with E-state index < -0.39 is 0 Å². The van der Waals surface area contributed by atoms with Gasteiger partial charge in [0.05, 0.1) is 0 Å². The van der Waals surface area contributed by atoms with Crippen LogP contribution in [0.4, 0.5) is 5.95 Å². The standard InChI is InChI=1S/C12H13N3S/c1-8-3-4-10(9(2)7-8)16-11-5-6-14-12(13)15-11/h3-7H,1-2H3,(H2,13,14,15). The molecule has 82 valence electrons. The van der Waals surface area contributed by atoms with Crippen LogP contribution in [-0.2, 0) is 0 Å². The number of rotatable bonds is 2. The van der Waals surface area contributed by atoms with E-state index in [2.05, 4.69) is 42.0 Å². The average Bonchev–Trinajstić information content (AvgIpc) is 2.22. The summed E-state index contributed by atoms with van der Waals surface area (Å²) in [6.45, 7) is 4.18. The van der Waals surface area contributed by atoms with Crippen LogP contribution >= 0.6 is 11.8 Å². The third-order valence-corrected chi connectivity index (χ3v) is 3.31. The maximum absolute atomic E-state index is 5.54. The summed E-state index contributed by atoms with van der Waals surface area (Å²) in [5, 5.41) is 0.874. The minimum Gasteiger partial charge on any atom is -0.368 e. The van der Waals surface area contributed by atoms with E-state index in [-0.39, 0.29) is 0 Å². The van der Waals surface area contributed by atoms with E-state index in [0.29, 0.717) is 5.95 Å². The number of nitrogen functional groups attached to an aromatic ring is 1. The number of aromatic nitrogens is 2. The van der Waals surface area contributed by atoms with Crippen LogP contribution in [0.5, 0.6) is 0 Å². The highest BCUT2D eigenvalue weighted by Crippen LogP contribution is 2.29. The van der Waals surface area contributed by atoms with E-state index >= 15 is 0 Å². The second kappa shape index (κ2) is 4.53. The second-order valence-corrected chi connectivity index (χ2v) is 4.69. The van der Waals surface area contributed by atoms with Gasteiger partial charge in [0.15, 0.2) is 0 Å². The van der Waals surface area contributed by atoms with Crippen LogP contribution in [-0.4, -0.2) is 9.97 Å². The van der Waals surface area contributed by atoms with Gasteiger partial charge in [0.25, 0.3) is 0 Å². The molecule has 0 unspecified atom stereocenters. The lowest BCUT2D eigenvalue weighted by Crippen LogP contribution is -1.94. The van der Waals surface area contributed by atoms with Crippen molar-refractivity contribution in [2.24, 2.45) is 0 Å². The molecule has 0 aliphatic carbocycles.